The van der Waals surface area contributed by atoms with Gasteiger partial charge < -0.3 is 5.32 Å². The number of rotatable bonds is 4. The molecule has 2 aromatic carbocycles. The van der Waals surface area contributed by atoms with Crippen LogP contribution in [0.3, 0.4) is 0 Å². The van der Waals surface area contributed by atoms with Gasteiger partial charge in [0.05, 0.1) is 10.6 Å². The third-order valence-electron chi connectivity index (χ3n) is 2.70. The second-order valence-electron chi connectivity index (χ2n) is 4.39. The minimum Gasteiger partial charge on any atom is -0.323 e. The number of hydrogen-bond donors (Lipinski definition) is 1. The summed E-state index contributed by atoms with van der Waals surface area (Å²) in [6, 6.07) is 7.85. The maximum atomic E-state index is 13.4. The van der Waals surface area contributed by atoms with E-state index < -0.39 is 33.1 Å². The van der Waals surface area contributed by atoms with Crippen LogP contribution in [0.15, 0.2) is 47.4 Å². The Balaban J connectivity index is 2.12. The number of nitrogens with one attached hydrogen (secondary N) is 1. The topological polar surface area (TPSA) is 63.2 Å². The largest absolute Gasteiger partial charge is 0.323 e. The van der Waals surface area contributed by atoms with Gasteiger partial charge in [0.15, 0.2) is 9.84 Å². The highest BCUT2D eigenvalue weighted by Gasteiger charge is 2.20. The lowest BCUT2D eigenvalue weighted by Crippen LogP contribution is -2.23. The Morgan fingerprint density at radius 2 is 1.73 bits per heavy atom. The predicted octanol–water partition coefficient (Wildman–Crippen LogP) is 3.03. The molecular formula is C14H10ClF2NO3S. The first-order valence-corrected chi connectivity index (χ1v) is 8.04. The molecule has 0 saturated heterocycles. The molecule has 8 heteroatoms. The number of anilines is 1. The number of amides is 1. The van der Waals surface area contributed by atoms with Crippen molar-refractivity contribution in [3.63, 3.8) is 0 Å². The van der Waals surface area contributed by atoms with E-state index in [1.54, 1.807) is 0 Å². The van der Waals surface area contributed by atoms with Crippen LogP contribution in [-0.2, 0) is 14.6 Å². The number of benzene rings is 2. The van der Waals surface area contributed by atoms with Crippen molar-refractivity contribution in [3.05, 3.63) is 59.1 Å². The van der Waals surface area contributed by atoms with Gasteiger partial charge in [-0.2, -0.15) is 0 Å². The average Bonchev–Trinajstić information content (AvgIpc) is 2.42. The van der Waals surface area contributed by atoms with Crippen LogP contribution in [0, 0.1) is 11.6 Å². The van der Waals surface area contributed by atoms with Crippen LogP contribution in [0.4, 0.5) is 14.5 Å². The van der Waals surface area contributed by atoms with Crippen LogP contribution in [0.25, 0.3) is 0 Å². The van der Waals surface area contributed by atoms with Crippen molar-refractivity contribution in [2.24, 2.45) is 0 Å². The summed E-state index contributed by atoms with van der Waals surface area (Å²) in [4.78, 5) is 11.7. The predicted molar refractivity (Wildman–Crippen MR) is 78.5 cm³/mol. The number of hydrogen-bond acceptors (Lipinski definition) is 3. The summed E-state index contributed by atoms with van der Waals surface area (Å²) in [5.74, 6) is -3.59. The molecule has 1 amide bonds. The molecule has 0 heterocycles. The molecule has 0 saturated carbocycles. The van der Waals surface area contributed by atoms with Gasteiger partial charge in [0.1, 0.15) is 17.4 Å². The van der Waals surface area contributed by atoms with E-state index >= 15 is 0 Å². The van der Waals surface area contributed by atoms with Gasteiger partial charge in [-0.05, 0) is 36.4 Å². The lowest BCUT2D eigenvalue weighted by atomic mass is 10.3. The van der Waals surface area contributed by atoms with Gasteiger partial charge >= 0.3 is 0 Å². The first-order chi connectivity index (χ1) is 10.3. The smallest absolute Gasteiger partial charge is 0.240 e. The monoisotopic (exact) mass is 345 g/mol. The van der Waals surface area contributed by atoms with Crippen molar-refractivity contribution in [3.8, 4) is 0 Å². The van der Waals surface area contributed by atoms with Gasteiger partial charge in [0.2, 0.25) is 5.91 Å². The zero-order valence-corrected chi connectivity index (χ0v) is 12.6. The van der Waals surface area contributed by atoms with Crippen molar-refractivity contribution >= 4 is 33.0 Å². The first kappa shape index (κ1) is 16.4. The van der Waals surface area contributed by atoms with Gasteiger partial charge in [-0.25, -0.2) is 17.2 Å². The van der Waals surface area contributed by atoms with Crippen LogP contribution in [-0.4, -0.2) is 20.1 Å². The second-order valence-corrected chi connectivity index (χ2v) is 6.81. The third kappa shape index (κ3) is 4.02. The molecule has 1 N–H and O–H groups in total. The Hall–Kier alpha value is -1.99. The van der Waals surface area contributed by atoms with E-state index in [-0.39, 0.29) is 10.6 Å². The van der Waals surface area contributed by atoms with Crippen LogP contribution >= 0.6 is 11.6 Å². The summed E-state index contributed by atoms with van der Waals surface area (Å²) < 4.78 is 50.2. The maximum absolute atomic E-state index is 13.4. The van der Waals surface area contributed by atoms with E-state index in [9.17, 15) is 22.0 Å². The van der Waals surface area contributed by atoms with Crippen LogP contribution in [0.2, 0.25) is 5.02 Å². The number of sulfone groups is 1. The highest BCUT2D eigenvalue weighted by molar-refractivity contribution is 7.92. The van der Waals surface area contributed by atoms with E-state index in [1.165, 1.54) is 24.3 Å². The molecule has 2 aromatic rings. The molecule has 0 aliphatic carbocycles. The summed E-state index contributed by atoms with van der Waals surface area (Å²) in [6.07, 6.45) is 0. The molecule has 0 atom stereocenters. The Kier molecular flexibility index (Phi) is 4.77. The van der Waals surface area contributed by atoms with Gasteiger partial charge in [-0.15, -0.1) is 0 Å². The summed E-state index contributed by atoms with van der Waals surface area (Å²) in [7, 11) is -3.88. The van der Waals surface area contributed by atoms with E-state index in [0.29, 0.717) is 11.1 Å². The standard InChI is InChI=1S/C14H10ClF2NO3S/c15-9-1-4-11(5-2-9)22(20,21)8-14(19)18-13-6-3-10(16)7-12(13)17/h1-7H,8H2,(H,18,19). The summed E-state index contributed by atoms with van der Waals surface area (Å²) in [5.41, 5.74) is -0.294. The fraction of sp³-hybridized carbons (Fsp3) is 0.0714. The van der Waals surface area contributed by atoms with Gasteiger partial charge in [0.25, 0.3) is 0 Å². The van der Waals surface area contributed by atoms with Gasteiger partial charge in [0, 0.05) is 11.1 Å². The van der Waals surface area contributed by atoms with Crippen molar-refractivity contribution in [1.29, 1.82) is 0 Å². The lowest BCUT2D eigenvalue weighted by Gasteiger charge is -2.07. The minimum absolute atomic E-state index is 0.0772. The molecule has 0 fully saturated rings. The highest BCUT2D eigenvalue weighted by atomic mass is 35.5. The van der Waals surface area contributed by atoms with Crippen LogP contribution in [0.5, 0.6) is 0 Å². The Bertz CT molecular complexity index is 807. The zero-order chi connectivity index (χ0) is 16.3. The van der Waals surface area contributed by atoms with E-state index in [2.05, 4.69) is 5.32 Å². The summed E-state index contributed by atoms with van der Waals surface area (Å²) >= 11 is 5.66. The highest BCUT2D eigenvalue weighted by Crippen LogP contribution is 2.17. The van der Waals surface area contributed by atoms with Crippen molar-refractivity contribution < 1.29 is 22.0 Å². The van der Waals surface area contributed by atoms with E-state index in [1.807, 2.05) is 0 Å². The quantitative estimate of drug-likeness (QED) is 0.926. The zero-order valence-electron chi connectivity index (χ0n) is 11.0. The van der Waals surface area contributed by atoms with Crippen molar-refractivity contribution in [2.45, 2.75) is 4.90 Å². The summed E-state index contributed by atoms with van der Waals surface area (Å²) in [6.45, 7) is 0. The number of carbonyl (C=O) groups excluding carboxylic acids is 1. The Morgan fingerprint density at radius 1 is 1.09 bits per heavy atom. The fourth-order valence-electron chi connectivity index (χ4n) is 1.67. The van der Waals surface area contributed by atoms with Crippen molar-refractivity contribution in [2.75, 3.05) is 11.1 Å². The Labute approximate surface area is 130 Å². The van der Waals surface area contributed by atoms with Crippen molar-refractivity contribution in [1.82, 2.24) is 0 Å². The molecule has 0 spiro atoms. The minimum atomic E-state index is -3.88. The van der Waals surface area contributed by atoms with Crippen LogP contribution < -0.4 is 5.32 Å². The molecule has 2 rings (SSSR count). The van der Waals surface area contributed by atoms with Crippen LogP contribution in [0.1, 0.15) is 0 Å². The molecular weight excluding hydrogens is 336 g/mol. The second kappa shape index (κ2) is 6.41. The average molecular weight is 346 g/mol. The number of carbonyl (C=O) groups is 1. The molecule has 0 aliphatic rings. The molecule has 0 unspecified atom stereocenters. The molecule has 22 heavy (non-hydrogen) atoms. The molecule has 0 aromatic heterocycles. The molecule has 116 valence electrons. The summed E-state index contributed by atoms with van der Waals surface area (Å²) in [5, 5.41) is 2.45. The third-order valence-corrected chi connectivity index (χ3v) is 4.58. The Morgan fingerprint density at radius 3 is 2.32 bits per heavy atom. The molecule has 0 bridgehead atoms. The molecule has 0 aliphatic heterocycles. The van der Waals surface area contributed by atoms with E-state index in [0.717, 1.165) is 12.1 Å². The molecule has 4 nitrogen and oxygen atoms in total. The van der Waals surface area contributed by atoms with Gasteiger partial charge in [-0.3, -0.25) is 4.79 Å². The fourth-order valence-corrected chi connectivity index (χ4v) is 2.94. The first-order valence-electron chi connectivity index (χ1n) is 6.01. The number of halogens is 3. The van der Waals surface area contributed by atoms with E-state index in [4.69, 9.17) is 11.6 Å². The SMILES string of the molecule is O=C(CS(=O)(=O)c1ccc(Cl)cc1)Nc1ccc(F)cc1F. The maximum Gasteiger partial charge on any atom is 0.240 e. The molecule has 0 radical (unpaired) electrons. The van der Waals surface area contributed by atoms with Gasteiger partial charge in [-0.1, -0.05) is 11.6 Å². The normalized spacial score (nSPS) is 11.2. The lowest BCUT2D eigenvalue weighted by molar-refractivity contribution is -0.113.